The van der Waals surface area contributed by atoms with Gasteiger partial charge in [0.15, 0.2) is 5.82 Å². The molecule has 19 heavy (non-hydrogen) atoms. The topological polar surface area (TPSA) is 55.6 Å². The predicted octanol–water partition coefficient (Wildman–Crippen LogP) is 1.93. The Kier molecular flexibility index (Phi) is 4.27. The normalized spacial score (nSPS) is 11.2. The Bertz CT molecular complexity index is 545. The molecule has 2 aromatic rings. The Morgan fingerprint density at radius 1 is 1.32 bits per heavy atom. The molecule has 2 aromatic heterocycles. The van der Waals surface area contributed by atoms with Gasteiger partial charge in [0.1, 0.15) is 0 Å². The van der Waals surface area contributed by atoms with Crippen LogP contribution in [0.1, 0.15) is 25.2 Å². The van der Waals surface area contributed by atoms with Gasteiger partial charge in [-0.2, -0.15) is 5.10 Å². The van der Waals surface area contributed by atoms with E-state index >= 15 is 0 Å². The summed E-state index contributed by atoms with van der Waals surface area (Å²) in [5, 5.41) is 7.56. The zero-order valence-corrected chi connectivity index (χ0v) is 12.0. The lowest BCUT2D eigenvalue weighted by molar-refractivity contribution is 0.548. The minimum atomic E-state index is 0.640. The highest BCUT2D eigenvalue weighted by Crippen LogP contribution is 2.14. The molecule has 5 heteroatoms. The van der Waals surface area contributed by atoms with Crippen LogP contribution < -0.4 is 5.32 Å². The van der Waals surface area contributed by atoms with Crippen LogP contribution >= 0.6 is 0 Å². The summed E-state index contributed by atoms with van der Waals surface area (Å²) in [6.45, 7) is 8.15. The highest BCUT2D eigenvalue weighted by Gasteiger charge is 2.07. The first-order valence-electron chi connectivity index (χ1n) is 6.59. The highest BCUT2D eigenvalue weighted by molar-refractivity contribution is 5.52. The van der Waals surface area contributed by atoms with Crippen molar-refractivity contribution in [3.05, 3.63) is 29.8 Å². The summed E-state index contributed by atoms with van der Waals surface area (Å²) in [7, 11) is 1.89. The fourth-order valence-electron chi connectivity index (χ4n) is 1.88. The fraction of sp³-hybridized carbons (Fsp3) is 0.500. The van der Waals surface area contributed by atoms with Crippen molar-refractivity contribution in [3.63, 3.8) is 0 Å². The first-order chi connectivity index (χ1) is 9.04. The molecule has 0 saturated heterocycles. The van der Waals surface area contributed by atoms with Crippen molar-refractivity contribution in [1.82, 2.24) is 25.1 Å². The maximum absolute atomic E-state index is 4.59. The van der Waals surface area contributed by atoms with Crippen molar-refractivity contribution in [2.24, 2.45) is 13.0 Å². The van der Waals surface area contributed by atoms with Gasteiger partial charge in [0.2, 0.25) is 0 Å². The van der Waals surface area contributed by atoms with Crippen LogP contribution in [0.15, 0.2) is 18.5 Å². The Morgan fingerprint density at radius 2 is 2.11 bits per heavy atom. The van der Waals surface area contributed by atoms with Crippen molar-refractivity contribution in [2.45, 2.75) is 27.3 Å². The summed E-state index contributed by atoms with van der Waals surface area (Å²) in [5.41, 5.74) is 2.96. The van der Waals surface area contributed by atoms with E-state index in [-0.39, 0.29) is 0 Å². The first kappa shape index (κ1) is 13.7. The van der Waals surface area contributed by atoms with Crippen molar-refractivity contribution < 1.29 is 0 Å². The summed E-state index contributed by atoms with van der Waals surface area (Å²) in [5.74, 6) is 1.38. The van der Waals surface area contributed by atoms with Crippen LogP contribution in [-0.4, -0.2) is 26.3 Å². The lowest BCUT2D eigenvalue weighted by Crippen LogP contribution is -2.20. The molecule has 0 saturated carbocycles. The minimum absolute atomic E-state index is 0.640. The number of hydrogen-bond donors (Lipinski definition) is 1. The molecular formula is C14H21N5. The third-order valence-corrected chi connectivity index (χ3v) is 2.73. The van der Waals surface area contributed by atoms with Gasteiger partial charge in [-0.25, -0.2) is 9.97 Å². The molecule has 0 unspecified atom stereocenters. The molecule has 2 heterocycles. The fourth-order valence-corrected chi connectivity index (χ4v) is 1.88. The van der Waals surface area contributed by atoms with E-state index in [2.05, 4.69) is 34.2 Å². The van der Waals surface area contributed by atoms with Crippen LogP contribution in [0.5, 0.6) is 0 Å². The second-order valence-electron chi connectivity index (χ2n) is 5.25. The van der Waals surface area contributed by atoms with E-state index in [4.69, 9.17) is 0 Å². The second-order valence-corrected chi connectivity index (χ2v) is 5.25. The molecule has 0 radical (unpaired) electrons. The van der Waals surface area contributed by atoms with Crippen molar-refractivity contribution >= 4 is 0 Å². The molecule has 0 fully saturated rings. The van der Waals surface area contributed by atoms with Crippen LogP contribution in [0.2, 0.25) is 0 Å². The molecule has 0 aromatic carbocycles. The van der Waals surface area contributed by atoms with Crippen LogP contribution in [-0.2, 0) is 13.6 Å². The molecule has 0 amide bonds. The van der Waals surface area contributed by atoms with E-state index in [0.717, 1.165) is 35.9 Å². The second kappa shape index (κ2) is 5.93. The van der Waals surface area contributed by atoms with Crippen molar-refractivity contribution in [3.8, 4) is 11.4 Å². The van der Waals surface area contributed by atoms with Gasteiger partial charge >= 0.3 is 0 Å². The standard InChI is InChI=1S/C14H21N5/c1-10(2)6-15-8-13-5-11(3)17-14(18-13)12-7-16-19(4)9-12/h5,7,9-10,15H,6,8H2,1-4H3. The molecule has 5 nitrogen and oxygen atoms in total. The van der Waals surface area contributed by atoms with Gasteiger partial charge in [-0.3, -0.25) is 4.68 Å². The minimum Gasteiger partial charge on any atom is -0.311 e. The van der Waals surface area contributed by atoms with Crippen LogP contribution in [0, 0.1) is 12.8 Å². The number of nitrogens with zero attached hydrogens (tertiary/aromatic N) is 4. The number of aryl methyl sites for hydroxylation is 2. The van der Waals surface area contributed by atoms with Crippen molar-refractivity contribution in [1.29, 1.82) is 0 Å². The molecule has 0 aliphatic heterocycles. The third kappa shape index (κ3) is 3.86. The van der Waals surface area contributed by atoms with E-state index < -0.39 is 0 Å². The number of rotatable bonds is 5. The number of hydrogen-bond acceptors (Lipinski definition) is 4. The van der Waals surface area contributed by atoms with E-state index in [1.54, 1.807) is 10.9 Å². The largest absolute Gasteiger partial charge is 0.311 e. The quantitative estimate of drug-likeness (QED) is 0.891. The SMILES string of the molecule is Cc1cc(CNCC(C)C)nc(-c2cnn(C)c2)n1. The van der Waals surface area contributed by atoms with Crippen molar-refractivity contribution in [2.75, 3.05) is 6.54 Å². The zero-order valence-electron chi connectivity index (χ0n) is 12.0. The molecule has 1 N–H and O–H groups in total. The maximum atomic E-state index is 4.59. The van der Waals surface area contributed by atoms with Gasteiger partial charge < -0.3 is 5.32 Å². The summed E-state index contributed by atoms with van der Waals surface area (Å²) >= 11 is 0. The Hall–Kier alpha value is -1.75. The van der Waals surface area contributed by atoms with Gasteiger partial charge in [0.05, 0.1) is 17.5 Å². The Morgan fingerprint density at radius 3 is 2.74 bits per heavy atom. The molecule has 0 atom stereocenters. The van der Waals surface area contributed by atoms with Crippen LogP contribution in [0.25, 0.3) is 11.4 Å². The van der Waals surface area contributed by atoms with E-state index in [1.807, 2.05) is 26.2 Å². The average Bonchev–Trinajstić information content (AvgIpc) is 2.75. The molecule has 0 aliphatic carbocycles. The molecule has 102 valence electrons. The highest BCUT2D eigenvalue weighted by atomic mass is 15.2. The van der Waals surface area contributed by atoms with Gasteiger partial charge in [-0.15, -0.1) is 0 Å². The summed E-state index contributed by atoms with van der Waals surface area (Å²) in [6, 6.07) is 2.02. The summed E-state index contributed by atoms with van der Waals surface area (Å²) in [4.78, 5) is 9.06. The Balaban J connectivity index is 2.15. The smallest absolute Gasteiger partial charge is 0.162 e. The maximum Gasteiger partial charge on any atom is 0.162 e. The van der Waals surface area contributed by atoms with Crippen LogP contribution in [0.4, 0.5) is 0 Å². The number of aromatic nitrogens is 4. The molecule has 0 spiro atoms. The summed E-state index contributed by atoms with van der Waals surface area (Å²) < 4.78 is 1.76. The monoisotopic (exact) mass is 259 g/mol. The molecule has 0 aliphatic rings. The van der Waals surface area contributed by atoms with E-state index in [0.29, 0.717) is 5.92 Å². The predicted molar refractivity (Wildman–Crippen MR) is 75.5 cm³/mol. The molecule has 2 rings (SSSR count). The Labute approximate surface area is 114 Å². The van der Waals surface area contributed by atoms with E-state index in [9.17, 15) is 0 Å². The van der Waals surface area contributed by atoms with Gasteiger partial charge in [-0.05, 0) is 25.5 Å². The molecular weight excluding hydrogens is 238 g/mol. The van der Waals surface area contributed by atoms with Gasteiger partial charge in [-0.1, -0.05) is 13.8 Å². The lowest BCUT2D eigenvalue weighted by Gasteiger charge is -2.08. The van der Waals surface area contributed by atoms with E-state index in [1.165, 1.54) is 0 Å². The van der Waals surface area contributed by atoms with Crippen LogP contribution in [0.3, 0.4) is 0 Å². The average molecular weight is 259 g/mol. The van der Waals surface area contributed by atoms with Gasteiger partial charge in [0.25, 0.3) is 0 Å². The lowest BCUT2D eigenvalue weighted by atomic mass is 10.2. The third-order valence-electron chi connectivity index (χ3n) is 2.73. The number of nitrogens with one attached hydrogen (secondary N) is 1. The first-order valence-corrected chi connectivity index (χ1v) is 6.59. The van der Waals surface area contributed by atoms with Gasteiger partial charge in [0, 0.05) is 25.5 Å². The summed E-state index contributed by atoms with van der Waals surface area (Å²) in [6.07, 6.45) is 3.72. The molecule has 0 bridgehead atoms. The zero-order chi connectivity index (χ0) is 13.8.